The minimum absolute atomic E-state index is 0.153. The molecule has 2 N–H and O–H groups in total. The number of nitrogens with zero attached hydrogens (tertiary/aromatic N) is 3. The highest BCUT2D eigenvalue weighted by Gasteiger charge is 2.21. The van der Waals surface area contributed by atoms with Crippen molar-refractivity contribution < 1.29 is 9.59 Å². The fourth-order valence-electron chi connectivity index (χ4n) is 3.21. The molecule has 28 heavy (non-hydrogen) atoms. The average Bonchev–Trinajstić information content (AvgIpc) is 3.36. The molecule has 1 aliphatic rings. The summed E-state index contributed by atoms with van der Waals surface area (Å²) in [6, 6.07) is 14.7. The highest BCUT2D eigenvalue weighted by molar-refractivity contribution is 6.30. The number of halogens is 1. The van der Waals surface area contributed by atoms with Crippen molar-refractivity contribution in [1.29, 1.82) is 0 Å². The van der Waals surface area contributed by atoms with E-state index >= 15 is 0 Å². The third kappa shape index (κ3) is 3.75. The van der Waals surface area contributed by atoms with E-state index in [1.807, 2.05) is 30.3 Å². The van der Waals surface area contributed by atoms with Gasteiger partial charge in [-0.05, 0) is 36.2 Å². The second-order valence-corrected chi connectivity index (χ2v) is 6.97. The molecule has 2 aromatic carbocycles. The van der Waals surface area contributed by atoms with Crippen LogP contribution in [0.4, 0.5) is 5.69 Å². The number of amides is 2. The van der Waals surface area contributed by atoms with Gasteiger partial charge in [0.05, 0.1) is 0 Å². The van der Waals surface area contributed by atoms with Gasteiger partial charge in [-0.2, -0.15) is 15.4 Å². The Morgan fingerprint density at radius 1 is 1.18 bits per heavy atom. The number of anilines is 1. The van der Waals surface area contributed by atoms with Crippen LogP contribution in [-0.4, -0.2) is 33.8 Å². The van der Waals surface area contributed by atoms with E-state index in [0.29, 0.717) is 29.2 Å². The fourth-order valence-corrected chi connectivity index (χ4v) is 3.40. The SMILES string of the molecule is O=C(NCc1ccc(N2CCCC2=O)cc1)c1n[nH]nc1-c1cccc(Cl)c1. The van der Waals surface area contributed by atoms with E-state index < -0.39 is 0 Å². The van der Waals surface area contributed by atoms with Gasteiger partial charge < -0.3 is 10.2 Å². The van der Waals surface area contributed by atoms with Crippen LogP contribution in [0, 0.1) is 0 Å². The number of H-pyrrole nitrogens is 1. The van der Waals surface area contributed by atoms with Crippen molar-refractivity contribution in [2.45, 2.75) is 19.4 Å². The Balaban J connectivity index is 1.43. The van der Waals surface area contributed by atoms with Crippen molar-refractivity contribution >= 4 is 29.1 Å². The molecular formula is C20H18ClN5O2. The van der Waals surface area contributed by atoms with Crippen LogP contribution in [0.1, 0.15) is 28.9 Å². The van der Waals surface area contributed by atoms with E-state index in [4.69, 9.17) is 11.6 Å². The molecule has 0 atom stereocenters. The molecule has 1 saturated heterocycles. The molecule has 0 spiro atoms. The van der Waals surface area contributed by atoms with Crippen LogP contribution in [0.15, 0.2) is 48.5 Å². The number of rotatable bonds is 5. The molecular weight excluding hydrogens is 378 g/mol. The van der Waals surface area contributed by atoms with Gasteiger partial charge in [0.2, 0.25) is 5.91 Å². The number of benzene rings is 2. The Morgan fingerprint density at radius 2 is 2.00 bits per heavy atom. The molecule has 7 nitrogen and oxygen atoms in total. The topological polar surface area (TPSA) is 91.0 Å². The van der Waals surface area contributed by atoms with E-state index in [1.165, 1.54) is 0 Å². The summed E-state index contributed by atoms with van der Waals surface area (Å²) in [6.45, 7) is 1.10. The van der Waals surface area contributed by atoms with Crippen molar-refractivity contribution in [2.75, 3.05) is 11.4 Å². The van der Waals surface area contributed by atoms with E-state index in [0.717, 1.165) is 24.2 Å². The molecule has 2 heterocycles. The van der Waals surface area contributed by atoms with Crippen molar-refractivity contribution in [3.05, 3.63) is 64.8 Å². The second-order valence-electron chi connectivity index (χ2n) is 6.53. The van der Waals surface area contributed by atoms with Crippen LogP contribution < -0.4 is 10.2 Å². The quantitative estimate of drug-likeness (QED) is 0.694. The molecule has 0 bridgehead atoms. The van der Waals surface area contributed by atoms with Gasteiger partial charge in [-0.25, -0.2) is 0 Å². The van der Waals surface area contributed by atoms with Gasteiger partial charge in [0.1, 0.15) is 5.69 Å². The zero-order valence-corrected chi connectivity index (χ0v) is 15.7. The van der Waals surface area contributed by atoms with Crippen LogP contribution in [-0.2, 0) is 11.3 Å². The molecule has 1 fully saturated rings. The van der Waals surface area contributed by atoms with Crippen LogP contribution in [0.3, 0.4) is 0 Å². The Labute approximate surface area is 166 Å². The maximum atomic E-state index is 12.6. The maximum absolute atomic E-state index is 12.6. The number of carbonyl (C=O) groups excluding carboxylic acids is 2. The first-order chi connectivity index (χ1) is 13.6. The molecule has 1 aliphatic heterocycles. The average molecular weight is 396 g/mol. The molecule has 8 heteroatoms. The normalized spacial score (nSPS) is 13.8. The monoisotopic (exact) mass is 395 g/mol. The molecule has 3 aromatic rings. The minimum atomic E-state index is -0.331. The van der Waals surface area contributed by atoms with Crippen molar-refractivity contribution in [3.8, 4) is 11.3 Å². The van der Waals surface area contributed by atoms with Gasteiger partial charge in [-0.1, -0.05) is 35.9 Å². The lowest BCUT2D eigenvalue weighted by atomic mass is 10.1. The third-order valence-electron chi connectivity index (χ3n) is 4.64. The summed E-state index contributed by atoms with van der Waals surface area (Å²) in [6.07, 6.45) is 1.49. The predicted octanol–water partition coefficient (Wildman–Crippen LogP) is 3.18. The summed E-state index contributed by atoms with van der Waals surface area (Å²) in [5.41, 5.74) is 3.18. The first-order valence-electron chi connectivity index (χ1n) is 8.96. The van der Waals surface area contributed by atoms with Gasteiger partial charge >= 0.3 is 0 Å². The molecule has 142 valence electrons. The van der Waals surface area contributed by atoms with Gasteiger partial charge in [-0.15, -0.1) is 0 Å². The molecule has 0 saturated carbocycles. The van der Waals surface area contributed by atoms with Gasteiger partial charge in [-0.3, -0.25) is 9.59 Å². The molecule has 1 aromatic heterocycles. The summed E-state index contributed by atoms with van der Waals surface area (Å²) in [5, 5.41) is 14.0. The Hall–Kier alpha value is -3.19. The van der Waals surface area contributed by atoms with Crippen LogP contribution in [0.5, 0.6) is 0 Å². The van der Waals surface area contributed by atoms with Crippen LogP contribution in [0.2, 0.25) is 5.02 Å². The molecule has 0 radical (unpaired) electrons. The van der Waals surface area contributed by atoms with E-state index in [1.54, 1.807) is 23.1 Å². The van der Waals surface area contributed by atoms with Crippen LogP contribution in [0.25, 0.3) is 11.3 Å². The minimum Gasteiger partial charge on any atom is -0.346 e. The summed E-state index contributed by atoms with van der Waals surface area (Å²) in [5.74, 6) is -0.178. The number of aromatic nitrogens is 3. The molecule has 2 amide bonds. The lowest BCUT2D eigenvalue weighted by Gasteiger charge is -2.16. The molecule has 4 rings (SSSR count). The van der Waals surface area contributed by atoms with Crippen molar-refractivity contribution in [3.63, 3.8) is 0 Å². The number of hydrogen-bond donors (Lipinski definition) is 2. The van der Waals surface area contributed by atoms with E-state index in [-0.39, 0.29) is 17.5 Å². The lowest BCUT2D eigenvalue weighted by Crippen LogP contribution is -2.25. The first kappa shape index (κ1) is 18.2. The lowest BCUT2D eigenvalue weighted by molar-refractivity contribution is -0.117. The Kier molecular flexibility index (Phi) is 5.08. The highest BCUT2D eigenvalue weighted by Crippen LogP contribution is 2.23. The fraction of sp³-hybridized carbons (Fsp3) is 0.200. The van der Waals surface area contributed by atoms with Crippen LogP contribution >= 0.6 is 11.6 Å². The Morgan fingerprint density at radius 3 is 2.71 bits per heavy atom. The van der Waals surface area contributed by atoms with Crippen molar-refractivity contribution in [1.82, 2.24) is 20.7 Å². The third-order valence-corrected chi connectivity index (χ3v) is 4.87. The molecule has 0 unspecified atom stereocenters. The summed E-state index contributed by atoms with van der Waals surface area (Å²) in [7, 11) is 0. The standard InChI is InChI=1S/C20H18ClN5O2/c21-15-4-1-3-14(11-15)18-19(24-25-23-18)20(28)22-12-13-6-8-16(9-7-13)26-10-2-5-17(26)27/h1,3-4,6-9,11H,2,5,10,12H2,(H,22,28)(H,23,24,25). The van der Waals surface area contributed by atoms with E-state index in [2.05, 4.69) is 20.7 Å². The number of carbonyl (C=O) groups is 2. The summed E-state index contributed by atoms with van der Waals surface area (Å²) < 4.78 is 0. The van der Waals surface area contributed by atoms with Gasteiger partial charge in [0.15, 0.2) is 5.69 Å². The van der Waals surface area contributed by atoms with Crippen molar-refractivity contribution in [2.24, 2.45) is 0 Å². The number of nitrogens with one attached hydrogen (secondary N) is 2. The first-order valence-corrected chi connectivity index (χ1v) is 9.34. The predicted molar refractivity (Wildman–Crippen MR) is 106 cm³/mol. The number of hydrogen-bond acceptors (Lipinski definition) is 4. The summed E-state index contributed by atoms with van der Waals surface area (Å²) in [4.78, 5) is 26.2. The van der Waals surface area contributed by atoms with Gasteiger partial charge in [0, 0.05) is 35.8 Å². The largest absolute Gasteiger partial charge is 0.346 e. The molecule has 0 aliphatic carbocycles. The second kappa shape index (κ2) is 7.82. The van der Waals surface area contributed by atoms with E-state index in [9.17, 15) is 9.59 Å². The zero-order valence-electron chi connectivity index (χ0n) is 15.0. The smallest absolute Gasteiger partial charge is 0.274 e. The number of aromatic amines is 1. The maximum Gasteiger partial charge on any atom is 0.274 e. The Bertz CT molecular complexity index is 1020. The highest BCUT2D eigenvalue weighted by atomic mass is 35.5. The summed E-state index contributed by atoms with van der Waals surface area (Å²) >= 11 is 6.02. The zero-order chi connectivity index (χ0) is 19.5. The van der Waals surface area contributed by atoms with Gasteiger partial charge in [0.25, 0.3) is 5.91 Å².